The van der Waals surface area contributed by atoms with E-state index in [4.69, 9.17) is 21.2 Å². The predicted molar refractivity (Wildman–Crippen MR) is 36.4 cm³/mol. The first-order valence-corrected chi connectivity index (χ1v) is 2.80. The van der Waals surface area contributed by atoms with E-state index < -0.39 is 5.09 Å². The number of nitrogens with zero attached hydrogens (tertiary/aromatic N) is 5. The van der Waals surface area contributed by atoms with Crippen molar-refractivity contribution < 1.29 is 9.77 Å². The molecule has 9 nitrogen and oxygen atoms in total. The van der Waals surface area contributed by atoms with Crippen LogP contribution >= 0.6 is 0 Å². The van der Waals surface area contributed by atoms with Crippen LogP contribution in [0.3, 0.4) is 0 Å². The standard InChI is InChI=1S/C3H8N5.NO3/c1-3-5-8(4)6-7(3)2;2-1(3)4/h1-2H3,(H2,4,6);/q+1;-1. The van der Waals surface area contributed by atoms with Gasteiger partial charge in [-0.1, -0.05) is 0 Å². The maximum absolute atomic E-state index is 8.25. The van der Waals surface area contributed by atoms with E-state index >= 15 is 0 Å². The maximum atomic E-state index is 8.25. The van der Waals surface area contributed by atoms with Crippen molar-refractivity contribution in [2.45, 2.75) is 6.92 Å². The molecule has 1 rings (SSSR count). The number of nitrogen functional groups attached to an aromatic ring is 1. The van der Waals surface area contributed by atoms with E-state index in [9.17, 15) is 0 Å². The van der Waals surface area contributed by atoms with Crippen LogP contribution in [-0.2, 0) is 7.05 Å². The molecule has 9 heteroatoms. The molecule has 0 aliphatic carbocycles. The zero-order valence-electron chi connectivity index (χ0n) is 6.54. The van der Waals surface area contributed by atoms with Gasteiger partial charge in [0.05, 0.1) is 27.4 Å². The molecule has 0 fully saturated rings. The lowest BCUT2D eigenvalue weighted by molar-refractivity contribution is -0.738. The van der Waals surface area contributed by atoms with Crippen molar-refractivity contribution >= 4 is 0 Å². The minimum atomic E-state index is -1.75. The van der Waals surface area contributed by atoms with Gasteiger partial charge < -0.3 is 15.3 Å². The lowest BCUT2D eigenvalue weighted by atomic mass is 10.7. The third-order valence-corrected chi connectivity index (χ3v) is 0.941. The molecule has 12 heavy (non-hydrogen) atoms. The van der Waals surface area contributed by atoms with Crippen molar-refractivity contribution in [3.63, 3.8) is 0 Å². The van der Waals surface area contributed by atoms with Crippen LogP contribution in [0.15, 0.2) is 0 Å². The number of tetrazole rings is 1. The van der Waals surface area contributed by atoms with E-state index in [1.165, 1.54) is 0 Å². The molecule has 0 aliphatic rings. The van der Waals surface area contributed by atoms with Gasteiger partial charge in [-0.05, 0) is 0 Å². The summed E-state index contributed by atoms with van der Waals surface area (Å²) in [5.74, 6) is 5.95. The van der Waals surface area contributed by atoms with Gasteiger partial charge in [-0.15, -0.1) is 4.68 Å². The molecule has 1 aromatic rings. The van der Waals surface area contributed by atoms with Crippen molar-refractivity contribution in [3.05, 3.63) is 21.1 Å². The van der Waals surface area contributed by atoms with Crippen LogP contribution in [0, 0.1) is 22.2 Å². The molecule has 0 aromatic carbocycles. The Morgan fingerprint density at radius 2 is 2.08 bits per heavy atom. The minimum Gasteiger partial charge on any atom is -0.356 e. The molecule has 0 bridgehead atoms. The Morgan fingerprint density at radius 3 is 2.17 bits per heavy atom. The van der Waals surface area contributed by atoms with Crippen molar-refractivity contribution in [2.24, 2.45) is 7.05 Å². The molecule has 2 N–H and O–H groups in total. The molecule has 0 radical (unpaired) electrons. The van der Waals surface area contributed by atoms with E-state index in [0.29, 0.717) is 0 Å². The predicted octanol–water partition coefficient (Wildman–Crippen LogP) is -2.11. The first kappa shape index (κ1) is 10.1. The normalized spacial score (nSPS) is 8.50. The summed E-state index contributed by atoms with van der Waals surface area (Å²) < 4.78 is 1.60. The number of nitrogens with two attached hydrogens (primary N) is 1. The molecule has 0 amide bonds. The molecule has 0 aliphatic heterocycles. The average molecular weight is 176 g/mol. The Bertz CT molecular complexity index is 246. The molecule has 1 heterocycles. The van der Waals surface area contributed by atoms with E-state index in [2.05, 4.69) is 10.3 Å². The number of hydrogen-bond acceptors (Lipinski definition) is 6. The summed E-state index contributed by atoms with van der Waals surface area (Å²) in [6.07, 6.45) is 0. The van der Waals surface area contributed by atoms with Gasteiger partial charge in [0.15, 0.2) is 0 Å². The molecule has 68 valence electrons. The van der Waals surface area contributed by atoms with Crippen LogP contribution in [-0.4, -0.2) is 20.3 Å². The second-order valence-corrected chi connectivity index (χ2v) is 1.80. The third kappa shape index (κ3) is 3.98. The smallest absolute Gasteiger partial charge is 0.297 e. The summed E-state index contributed by atoms with van der Waals surface area (Å²) >= 11 is 0. The highest BCUT2D eigenvalue weighted by Crippen LogP contribution is 1.69. The van der Waals surface area contributed by atoms with Crippen molar-refractivity contribution in [1.29, 1.82) is 0 Å². The summed E-state index contributed by atoms with van der Waals surface area (Å²) in [5, 5.41) is 22.2. The number of aryl methyl sites for hydroxylation is 2. The maximum Gasteiger partial charge on any atom is 0.297 e. The summed E-state index contributed by atoms with van der Waals surface area (Å²) in [6, 6.07) is 0. The third-order valence-electron chi connectivity index (χ3n) is 0.941. The number of rotatable bonds is 0. The van der Waals surface area contributed by atoms with Crippen LogP contribution in [0.1, 0.15) is 5.82 Å². The Hall–Kier alpha value is -1.93. The SMILES string of the molecule is Cc1nn(N)n[n+]1C.O=[N+]([O-])[O-]. The Balaban J connectivity index is 0.000000261. The molecule has 0 saturated carbocycles. The molecule has 1 aromatic heterocycles. The van der Waals surface area contributed by atoms with Gasteiger partial charge in [-0.25, -0.2) is 5.84 Å². The average Bonchev–Trinajstić information content (AvgIpc) is 2.08. The van der Waals surface area contributed by atoms with E-state index in [0.717, 1.165) is 10.7 Å². The second kappa shape index (κ2) is 4.05. The Morgan fingerprint density at radius 1 is 1.67 bits per heavy atom. The fourth-order valence-corrected chi connectivity index (χ4v) is 0.435. The van der Waals surface area contributed by atoms with Crippen molar-refractivity contribution in [2.75, 3.05) is 5.84 Å². The quantitative estimate of drug-likeness (QED) is 0.208. The Kier molecular flexibility index (Phi) is 3.40. The molecular weight excluding hydrogens is 168 g/mol. The van der Waals surface area contributed by atoms with Gasteiger partial charge in [0.25, 0.3) is 5.82 Å². The summed E-state index contributed by atoms with van der Waals surface area (Å²) in [7, 11) is 1.78. The van der Waals surface area contributed by atoms with E-state index in [-0.39, 0.29) is 0 Å². The van der Waals surface area contributed by atoms with Gasteiger partial charge in [0.1, 0.15) is 0 Å². The van der Waals surface area contributed by atoms with Crippen molar-refractivity contribution in [1.82, 2.24) is 15.2 Å². The highest BCUT2D eigenvalue weighted by atomic mass is 16.9. The summed E-state index contributed by atoms with van der Waals surface area (Å²) in [4.78, 5) is 9.29. The number of aromatic nitrogens is 4. The molecule has 0 atom stereocenters. The Labute approximate surface area is 67.1 Å². The van der Waals surface area contributed by atoms with Gasteiger partial charge >= 0.3 is 0 Å². The van der Waals surface area contributed by atoms with Crippen LogP contribution in [0.2, 0.25) is 0 Å². The van der Waals surface area contributed by atoms with Crippen LogP contribution in [0.5, 0.6) is 0 Å². The van der Waals surface area contributed by atoms with Crippen molar-refractivity contribution in [3.8, 4) is 0 Å². The molecular formula is C3H8N6O3. The lowest BCUT2D eigenvalue weighted by Crippen LogP contribution is -2.34. The first-order chi connectivity index (χ1) is 5.43. The van der Waals surface area contributed by atoms with E-state index in [1.807, 2.05) is 6.92 Å². The van der Waals surface area contributed by atoms with E-state index in [1.54, 1.807) is 11.7 Å². The second-order valence-electron chi connectivity index (χ2n) is 1.80. The first-order valence-electron chi connectivity index (χ1n) is 2.80. The van der Waals surface area contributed by atoms with Crippen LogP contribution in [0.25, 0.3) is 0 Å². The highest BCUT2D eigenvalue weighted by Gasteiger charge is 2.05. The highest BCUT2D eigenvalue weighted by molar-refractivity contribution is 4.55. The minimum absolute atomic E-state index is 0.799. The fourth-order valence-electron chi connectivity index (χ4n) is 0.435. The van der Waals surface area contributed by atoms with Gasteiger partial charge in [0, 0.05) is 6.92 Å². The van der Waals surface area contributed by atoms with Gasteiger partial charge in [0.2, 0.25) is 0 Å². The monoisotopic (exact) mass is 176 g/mol. The zero-order chi connectivity index (χ0) is 9.72. The molecule has 0 spiro atoms. The fraction of sp³-hybridized carbons (Fsp3) is 0.667. The largest absolute Gasteiger partial charge is 0.356 e. The van der Waals surface area contributed by atoms with Crippen LogP contribution < -0.4 is 10.5 Å². The lowest BCUT2D eigenvalue weighted by Gasteiger charge is -1.74. The van der Waals surface area contributed by atoms with Crippen LogP contribution in [0.4, 0.5) is 0 Å². The molecule has 0 saturated heterocycles. The number of hydrogen-bond donors (Lipinski definition) is 1. The zero-order valence-corrected chi connectivity index (χ0v) is 6.54. The summed E-state index contributed by atoms with van der Waals surface area (Å²) in [5.41, 5.74) is 0. The topological polar surface area (TPSA) is 127 Å². The van der Waals surface area contributed by atoms with Gasteiger partial charge in [-0.3, -0.25) is 0 Å². The van der Waals surface area contributed by atoms with Gasteiger partial charge in [-0.2, -0.15) is 0 Å². The summed E-state index contributed by atoms with van der Waals surface area (Å²) in [6.45, 7) is 1.83. The molecule has 0 unspecified atom stereocenters.